The van der Waals surface area contributed by atoms with Crippen molar-refractivity contribution in [2.75, 3.05) is 7.05 Å². The molecule has 0 unspecified atom stereocenters. The highest BCUT2D eigenvalue weighted by Gasteiger charge is 2.15. The first-order valence-electron chi connectivity index (χ1n) is 8.26. The van der Waals surface area contributed by atoms with Crippen LogP contribution in [0.5, 0.6) is 5.75 Å². The number of ether oxygens (including phenoxy) is 1. The lowest BCUT2D eigenvalue weighted by Crippen LogP contribution is -2.26. The summed E-state index contributed by atoms with van der Waals surface area (Å²) in [5.41, 5.74) is 2.22. The molecule has 2 aromatic carbocycles. The summed E-state index contributed by atoms with van der Waals surface area (Å²) in [5.74, 6) is 0.502. The third kappa shape index (κ3) is 5.01. The monoisotopic (exact) mass is 420 g/mol. The van der Waals surface area contributed by atoms with Crippen molar-refractivity contribution in [3.8, 4) is 5.75 Å². The summed E-state index contributed by atoms with van der Waals surface area (Å²) in [5, 5.41) is 3.91. The first kappa shape index (κ1) is 19.7. The van der Waals surface area contributed by atoms with Crippen molar-refractivity contribution >= 4 is 40.4 Å². The van der Waals surface area contributed by atoms with Crippen LogP contribution in [0.1, 0.15) is 26.6 Å². The number of carbonyl (C=O) groups excluding carboxylic acids is 1. The van der Waals surface area contributed by atoms with E-state index in [0.717, 1.165) is 16.3 Å². The van der Waals surface area contributed by atoms with Gasteiger partial charge in [-0.1, -0.05) is 41.4 Å². The van der Waals surface area contributed by atoms with Gasteiger partial charge in [-0.25, -0.2) is 4.98 Å². The van der Waals surface area contributed by atoms with Crippen LogP contribution in [-0.4, -0.2) is 22.8 Å². The number of thiazole rings is 1. The maximum atomic E-state index is 12.8. The number of aryl methyl sites for hydroxylation is 1. The Bertz CT molecular complexity index is 959. The molecule has 0 spiro atoms. The summed E-state index contributed by atoms with van der Waals surface area (Å²) < 4.78 is 5.76. The number of rotatable bonds is 6. The molecular weight excluding hydrogens is 403 g/mol. The second kappa shape index (κ2) is 8.74. The largest absolute Gasteiger partial charge is 0.487 e. The molecule has 0 radical (unpaired) electrons. The molecule has 1 heterocycles. The fourth-order valence-electron chi connectivity index (χ4n) is 2.57. The highest BCUT2D eigenvalue weighted by atomic mass is 35.5. The Kier molecular flexibility index (Phi) is 6.37. The van der Waals surface area contributed by atoms with Gasteiger partial charge in [0.25, 0.3) is 5.91 Å². The number of hydrogen-bond acceptors (Lipinski definition) is 4. The smallest absolute Gasteiger partial charge is 0.254 e. The van der Waals surface area contributed by atoms with Gasteiger partial charge in [-0.2, -0.15) is 0 Å². The molecule has 3 rings (SSSR count). The minimum absolute atomic E-state index is 0.124. The van der Waals surface area contributed by atoms with Crippen molar-refractivity contribution in [1.29, 1.82) is 0 Å². The van der Waals surface area contributed by atoms with E-state index in [0.29, 0.717) is 34.5 Å². The second-order valence-electron chi connectivity index (χ2n) is 6.05. The molecule has 0 saturated carbocycles. The normalized spacial score (nSPS) is 10.7. The lowest BCUT2D eigenvalue weighted by molar-refractivity contribution is 0.0784. The molecule has 0 aliphatic carbocycles. The van der Waals surface area contributed by atoms with Crippen LogP contribution in [0.4, 0.5) is 0 Å². The van der Waals surface area contributed by atoms with Crippen LogP contribution < -0.4 is 4.74 Å². The molecule has 0 aliphatic rings. The summed E-state index contributed by atoms with van der Waals surface area (Å²) in [7, 11) is 1.73. The number of aromatic nitrogens is 1. The molecule has 7 heteroatoms. The number of hydrogen-bond donors (Lipinski definition) is 0. The van der Waals surface area contributed by atoms with Crippen LogP contribution >= 0.6 is 34.5 Å². The third-order valence-electron chi connectivity index (χ3n) is 3.92. The zero-order chi connectivity index (χ0) is 19.4. The first-order valence-corrected chi connectivity index (χ1v) is 9.90. The number of amides is 1. The van der Waals surface area contributed by atoms with Crippen molar-refractivity contribution in [2.24, 2.45) is 0 Å². The van der Waals surface area contributed by atoms with Crippen LogP contribution in [0.25, 0.3) is 0 Å². The Morgan fingerprint density at radius 2 is 2.00 bits per heavy atom. The first-order chi connectivity index (χ1) is 12.9. The highest BCUT2D eigenvalue weighted by molar-refractivity contribution is 7.09. The molecule has 3 aromatic rings. The second-order valence-corrected chi connectivity index (χ2v) is 7.90. The molecule has 140 valence electrons. The molecule has 1 amide bonds. The van der Waals surface area contributed by atoms with E-state index < -0.39 is 0 Å². The molecular formula is C20H18Cl2N2O2S. The minimum atomic E-state index is -0.124. The number of nitrogens with zero attached hydrogens (tertiary/aromatic N) is 2. The predicted octanol–water partition coefficient (Wildman–Crippen LogP) is 5.61. The van der Waals surface area contributed by atoms with E-state index in [2.05, 4.69) is 4.98 Å². The summed E-state index contributed by atoms with van der Waals surface area (Å²) >= 11 is 13.8. The Morgan fingerprint density at radius 1 is 1.22 bits per heavy atom. The van der Waals surface area contributed by atoms with Gasteiger partial charge in [0.2, 0.25) is 0 Å². The van der Waals surface area contributed by atoms with Crippen LogP contribution in [0.15, 0.2) is 47.8 Å². The molecule has 0 aliphatic heterocycles. The zero-order valence-electron chi connectivity index (χ0n) is 14.9. The minimum Gasteiger partial charge on any atom is -0.487 e. The van der Waals surface area contributed by atoms with E-state index in [1.165, 1.54) is 0 Å². The van der Waals surface area contributed by atoms with Gasteiger partial charge in [-0.05, 0) is 36.8 Å². The molecule has 4 nitrogen and oxygen atoms in total. The summed E-state index contributed by atoms with van der Waals surface area (Å²) in [6.45, 7) is 2.69. The number of halogens is 2. The van der Waals surface area contributed by atoms with Crippen molar-refractivity contribution in [1.82, 2.24) is 9.88 Å². The van der Waals surface area contributed by atoms with E-state index in [-0.39, 0.29) is 5.91 Å². The van der Waals surface area contributed by atoms with Gasteiger partial charge in [-0.15, -0.1) is 11.3 Å². The van der Waals surface area contributed by atoms with Gasteiger partial charge in [0.1, 0.15) is 12.4 Å². The van der Waals surface area contributed by atoms with Gasteiger partial charge >= 0.3 is 0 Å². The number of benzene rings is 2. The Hall–Kier alpha value is -2.08. The van der Waals surface area contributed by atoms with Gasteiger partial charge < -0.3 is 9.64 Å². The van der Waals surface area contributed by atoms with E-state index in [1.807, 2.05) is 30.5 Å². The van der Waals surface area contributed by atoms with Crippen molar-refractivity contribution in [3.63, 3.8) is 0 Å². The maximum Gasteiger partial charge on any atom is 0.254 e. The van der Waals surface area contributed by atoms with E-state index in [4.69, 9.17) is 27.9 Å². The molecule has 1 aromatic heterocycles. The van der Waals surface area contributed by atoms with Gasteiger partial charge in [0.15, 0.2) is 0 Å². The van der Waals surface area contributed by atoms with E-state index >= 15 is 0 Å². The maximum absolute atomic E-state index is 12.8. The Morgan fingerprint density at radius 3 is 2.74 bits per heavy atom. The number of carbonyl (C=O) groups is 1. The lowest BCUT2D eigenvalue weighted by Gasteiger charge is -2.19. The van der Waals surface area contributed by atoms with Crippen molar-refractivity contribution in [3.05, 3.63) is 79.7 Å². The zero-order valence-corrected chi connectivity index (χ0v) is 17.2. The quantitative estimate of drug-likeness (QED) is 0.520. The molecule has 0 saturated heterocycles. The van der Waals surface area contributed by atoms with Crippen molar-refractivity contribution < 1.29 is 9.53 Å². The van der Waals surface area contributed by atoms with Crippen LogP contribution in [-0.2, 0) is 13.2 Å². The average Bonchev–Trinajstić information content (AvgIpc) is 3.08. The van der Waals surface area contributed by atoms with Crippen LogP contribution in [0.2, 0.25) is 10.0 Å². The lowest BCUT2D eigenvalue weighted by atomic mass is 10.1. The Balaban J connectivity index is 1.67. The fourth-order valence-corrected chi connectivity index (χ4v) is 3.55. The van der Waals surface area contributed by atoms with Crippen LogP contribution in [0.3, 0.4) is 0 Å². The average molecular weight is 421 g/mol. The SMILES string of the molecule is Cc1nc(COc2cccc(C(=O)N(C)Cc3cccc(Cl)c3Cl)c2)cs1. The van der Waals surface area contributed by atoms with E-state index in [1.54, 1.807) is 47.5 Å². The molecule has 0 N–H and O–H groups in total. The predicted molar refractivity (Wildman–Crippen MR) is 110 cm³/mol. The van der Waals surface area contributed by atoms with Gasteiger partial charge in [0, 0.05) is 24.5 Å². The molecule has 0 bridgehead atoms. The Labute approximate surface area is 172 Å². The molecule has 0 atom stereocenters. The summed E-state index contributed by atoms with van der Waals surface area (Å²) in [4.78, 5) is 18.7. The van der Waals surface area contributed by atoms with Crippen molar-refractivity contribution in [2.45, 2.75) is 20.1 Å². The molecule has 0 fully saturated rings. The highest BCUT2D eigenvalue weighted by Crippen LogP contribution is 2.27. The molecule has 27 heavy (non-hydrogen) atoms. The summed E-state index contributed by atoms with van der Waals surface area (Å²) in [6, 6.07) is 12.5. The fraction of sp³-hybridized carbons (Fsp3) is 0.200. The van der Waals surface area contributed by atoms with Gasteiger partial charge in [0.05, 0.1) is 20.7 Å². The van der Waals surface area contributed by atoms with Gasteiger partial charge in [-0.3, -0.25) is 4.79 Å². The van der Waals surface area contributed by atoms with Crippen LogP contribution in [0, 0.1) is 6.92 Å². The third-order valence-corrected chi connectivity index (χ3v) is 5.60. The van der Waals surface area contributed by atoms with E-state index in [9.17, 15) is 4.79 Å². The standard InChI is InChI=1S/C20H18Cl2N2O2S/c1-13-23-16(12-27-13)11-26-17-7-3-5-14(9-17)20(25)24(2)10-15-6-4-8-18(21)19(15)22/h3-9,12H,10-11H2,1-2H3. The summed E-state index contributed by atoms with van der Waals surface area (Å²) in [6.07, 6.45) is 0. The topological polar surface area (TPSA) is 42.4 Å².